The third-order valence-corrected chi connectivity index (χ3v) is 12.0. The summed E-state index contributed by atoms with van der Waals surface area (Å²) in [5.41, 5.74) is 9.98. The number of benzene rings is 3. The number of aldehydes is 1. The number of fused-ring (bicyclic) bond motifs is 1. The molecule has 1 aliphatic carbocycles. The average molecular weight is 828 g/mol. The summed E-state index contributed by atoms with van der Waals surface area (Å²) in [7, 11) is 5.33. The molecule has 2 heterocycles. The predicted octanol–water partition coefficient (Wildman–Crippen LogP) is 10.2. The number of carboxylic acids is 1. The van der Waals surface area contributed by atoms with Crippen LogP contribution in [-0.2, 0) is 31.2 Å². The Bertz CT molecular complexity index is 2380. The van der Waals surface area contributed by atoms with Crippen LogP contribution >= 0.6 is 23.2 Å². The van der Waals surface area contributed by atoms with E-state index in [1.807, 2.05) is 93.8 Å². The summed E-state index contributed by atoms with van der Waals surface area (Å²) in [6, 6.07) is 17.1. The smallest absolute Gasteiger partial charge is 0.335 e. The highest BCUT2D eigenvalue weighted by molar-refractivity contribution is 6.35. The molecule has 306 valence electrons. The fourth-order valence-electron chi connectivity index (χ4n) is 8.04. The van der Waals surface area contributed by atoms with Crippen molar-refractivity contribution in [3.63, 3.8) is 0 Å². The highest BCUT2D eigenvalue weighted by Crippen LogP contribution is 2.43. The van der Waals surface area contributed by atoms with Gasteiger partial charge in [-0.15, -0.1) is 0 Å². The maximum Gasteiger partial charge on any atom is 0.335 e. The van der Waals surface area contributed by atoms with Gasteiger partial charge in [0, 0.05) is 67.5 Å². The maximum absolute atomic E-state index is 13.2. The minimum atomic E-state index is -1.07. The normalized spacial score (nSPS) is 14.2. The van der Waals surface area contributed by atoms with Crippen molar-refractivity contribution in [1.29, 1.82) is 0 Å². The van der Waals surface area contributed by atoms with Crippen molar-refractivity contribution < 1.29 is 28.9 Å². The first-order chi connectivity index (χ1) is 27.8. The average Bonchev–Trinajstić information content (AvgIpc) is 3.64. The van der Waals surface area contributed by atoms with Crippen LogP contribution in [0.15, 0.2) is 76.9 Å². The first-order valence-electron chi connectivity index (χ1n) is 19.6. The Labute approximate surface area is 350 Å². The van der Waals surface area contributed by atoms with Crippen LogP contribution < -0.4 is 14.4 Å². The molecular formula is C46H52Cl2N4O6. The molecule has 3 aromatic carbocycles. The molecule has 58 heavy (non-hydrogen) atoms. The molecule has 5 aromatic rings. The van der Waals surface area contributed by atoms with E-state index in [2.05, 4.69) is 10.6 Å². The fraction of sp³-hybridized carbons (Fsp3) is 0.370. The van der Waals surface area contributed by atoms with Crippen LogP contribution in [-0.4, -0.2) is 71.7 Å². The van der Waals surface area contributed by atoms with Crippen LogP contribution in [0.5, 0.6) is 11.5 Å². The first kappa shape index (κ1) is 42.6. The van der Waals surface area contributed by atoms with Gasteiger partial charge >= 0.3 is 5.97 Å². The number of aromatic nitrogens is 3. The van der Waals surface area contributed by atoms with Crippen molar-refractivity contribution in [2.24, 2.45) is 7.05 Å². The summed E-state index contributed by atoms with van der Waals surface area (Å²) in [6.45, 7) is 9.92. The summed E-state index contributed by atoms with van der Waals surface area (Å²) in [5.74, 6) is -0.252. The third kappa shape index (κ3) is 8.99. The maximum atomic E-state index is 13.2. The molecule has 2 aromatic heterocycles. The summed E-state index contributed by atoms with van der Waals surface area (Å²) in [5, 5.41) is 17.0. The summed E-state index contributed by atoms with van der Waals surface area (Å²) >= 11 is 13.5. The summed E-state index contributed by atoms with van der Waals surface area (Å²) in [4.78, 5) is 27.4. The zero-order valence-corrected chi connectivity index (χ0v) is 35.8. The van der Waals surface area contributed by atoms with Crippen molar-refractivity contribution in [1.82, 2.24) is 14.3 Å². The van der Waals surface area contributed by atoms with E-state index in [0.29, 0.717) is 79.9 Å². The Morgan fingerprint density at radius 2 is 1.78 bits per heavy atom. The molecule has 1 N–H and O–H groups in total. The Balaban J connectivity index is 1.31. The van der Waals surface area contributed by atoms with Crippen molar-refractivity contribution in [2.75, 3.05) is 38.8 Å². The number of aryl methyl sites for hydroxylation is 4. The highest BCUT2D eigenvalue weighted by atomic mass is 35.5. The van der Waals surface area contributed by atoms with Gasteiger partial charge in [-0.3, -0.25) is 9.48 Å². The molecule has 1 unspecified atom stereocenters. The predicted molar refractivity (Wildman–Crippen MR) is 232 cm³/mol. The van der Waals surface area contributed by atoms with E-state index >= 15 is 0 Å². The molecular weight excluding hydrogens is 775 g/mol. The lowest BCUT2D eigenvalue weighted by Gasteiger charge is -2.25. The molecule has 12 heteroatoms. The van der Waals surface area contributed by atoms with Crippen molar-refractivity contribution in [2.45, 2.75) is 72.4 Å². The molecule has 1 atom stereocenters. The summed E-state index contributed by atoms with van der Waals surface area (Å²) in [6.07, 6.45) is 6.34. The van der Waals surface area contributed by atoms with Gasteiger partial charge in [-0.2, -0.15) is 5.10 Å². The van der Waals surface area contributed by atoms with E-state index in [9.17, 15) is 14.7 Å². The Hall–Kier alpha value is -5.03. The van der Waals surface area contributed by atoms with E-state index in [4.69, 9.17) is 42.5 Å². The second-order valence-electron chi connectivity index (χ2n) is 15.0. The first-order valence-corrected chi connectivity index (χ1v) is 20.4. The van der Waals surface area contributed by atoms with Gasteiger partial charge < -0.3 is 28.8 Å². The molecule has 0 spiro atoms. The molecule has 0 saturated heterocycles. The number of carbonyl (C=O) groups is 2. The lowest BCUT2D eigenvalue weighted by atomic mass is 9.98. The number of anilines is 1. The third-order valence-electron chi connectivity index (χ3n) is 11.0. The Morgan fingerprint density at radius 1 is 1.02 bits per heavy atom. The monoisotopic (exact) mass is 826 g/mol. The number of hydrogen-bond donors (Lipinski definition) is 1. The second kappa shape index (κ2) is 18.7. The van der Waals surface area contributed by atoms with Gasteiger partial charge in [-0.1, -0.05) is 71.2 Å². The molecule has 0 saturated carbocycles. The number of hydrogen-bond acceptors (Lipinski definition) is 7. The van der Waals surface area contributed by atoms with Crippen LogP contribution in [0.2, 0.25) is 5.02 Å². The standard InChI is InChI=1S/C46H52Cl2N4O6/c1-28-23-34(24-29(2)43(28)48)57-21-11-15-35-36-16-17-37(47)42(41-30(3)49-51(6)31(41)4)44(36)52(39(35)27-53)20-12-19-50(5)38-25-33(46(54)55)26-40(56-7)45(38)58-22-18-32-13-9-8-10-14-32/h8-10,13-14,16-17,23,25-27,34H,11-12,15,18-22,24H2,1-7H3,(H,54,55). The fourth-order valence-corrected chi connectivity index (χ4v) is 8.42. The van der Waals surface area contributed by atoms with Crippen molar-refractivity contribution in [3.05, 3.63) is 116 Å². The Kier molecular flexibility index (Phi) is 13.7. The topological polar surface area (TPSA) is 108 Å². The lowest BCUT2D eigenvalue weighted by molar-refractivity contribution is 0.0696. The van der Waals surface area contributed by atoms with Crippen LogP contribution in [0, 0.1) is 13.8 Å². The van der Waals surface area contributed by atoms with Crippen LogP contribution in [0.4, 0.5) is 5.69 Å². The van der Waals surface area contributed by atoms with E-state index < -0.39 is 5.97 Å². The zero-order chi connectivity index (χ0) is 41.7. The SMILES string of the molecule is COc1cc(C(=O)O)cc(N(C)CCCn2c(C=O)c(CCCOC3C=C(C)C(Cl)=C(C)C3)c3ccc(Cl)c(-c4c(C)nn(C)c4C)c32)c1OCCc1ccccc1. The number of nitrogens with zero attached hydrogens (tertiary/aromatic N) is 4. The van der Waals surface area contributed by atoms with E-state index in [0.717, 1.165) is 73.4 Å². The van der Waals surface area contributed by atoms with Gasteiger partial charge in [0.1, 0.15) is 0 Å². The van der Waals surface area contributed by atoms with Crippen molar-refractivity contribution in [3.8, 4) is 22.6 Å². The molecule has 0 radical (unpaired) electrons. The van der Waals surface area contributed by atoms with Gasteiger partial charge in [0.2, 0.25) is 0 Å². The summed E-state index contributed by atoms with van der Waals surface area (Å²) < 4.78 is 22.2. The zero-order valence-electron chi connectivity index (χ0n) is 34.3. The van der Waals surface area contributed by atoms with Crippen LogP contribution in [0.3, 0.4) is 0 Å². The number of methoxy groups -OCH3 is 1. The molecule has 0 amide bonds. The van der Waals surface area contributed by atoms with Gasteiger partial charge in [0.25, 0.3) is 0 Å². The molecule has 0 bridgehead atoms. The quantitative estimate of drug-likeness (QED) is 0.0687. The second-order valence-corrected chi connectivity index (χ2v) is 15.8. The minimum Gasteiger partial charge on any atom is -0.493 e. The highest BCUT2D eigenvalue weighted by Gasteiger charge is 2.26. The van der Waals surface area contributed by atoms with Gasteiger partial charge in [-0.25, -0.2) is 4.79 Å². The number of aromatic carboxylic acids is 1. The van der Waals surface area contributed by atoms with Crippen LogP contribution in [0.1, 0.15) is 76.5 Å². The number of rotatable bonds is 18. The van der Waals surface area contributed by atoms with Crippen molar-refractivity contribution >= 4 is 52.0 Å². The lowest BCUT2D eigenvalue weighted by Crippen LogP contribution is -2.22. The number of ether oxygens (including phenoxy) is 3. The number of allylic oxidation sites excluding steroid dienone is 2. The minimum absolute atomic E-state index is 0.0424. The largest absolute Gasteiger partial charge is 0.493 e. The molecule has 10 nitrogen and oxygen atoms in total. The molecule has 6 rings (SSSR count). The van der Waals surface area contributed by atoms with E-state index in [-0.39, 0.29) is 11.7 Å². The van der Waals surface area contributed by atoms with Gasteiger partial charge in [0.05, 0.1) is 53.0 Å². The van der Waals surface area contributed by atoms with E-state index in [1.54, 1.807) is 6.07 Å². The van der Waals surface area contributed by atoms with Gasteiger partial charge in [-0.05, 0) is 88.3 Å². The van der Waals surface area contributed by atoms with Crippen LogP contribution in [0.25, 0.3) is 22.0 Å². The number of carbonyl (C=O) groups excluding carboxylic acids is 1. The molecule has 0 fully saturated rings. The van der Waals surface area contributed by atoms with Gasteiger partial charge in [0.15, 0.2) is 17.8 Å². The molecule has 1 aliphatic rings. The number of carboxylic acid groups (broad SMARTS) is 1. The Morgan fingerprint density at radius 3 is 2.43 bits per heavy atom. The van der Waals surface area contributed by atoms with E-state index in [1.165, 1.54) is 13.2 Å². The molecule has 0 aliphatic heterocycles. The number of halogens is 2.